The lowest BCUT2D eigenvalue weighted by atomic mass is 9.71. The topological polar surface area (TPSA) is 20.2 Å². The molecule has 0 atom stereocenters. The molecule has 20 heavy (non-hydrogen) atoms. The highest BCUT2D eigenvalue weighted by Gasteiger charge is 2.37. The molecule has 1 heteroatoms. The maximum Gasteiger partial charge on any atom is 0.0571 e. The third-order valence-corrected chi connectivity index (χ3v) is 4.49. The molecule has 0 heterocycles. The van der Waals surface area contributed by atoms with Crippen molar-refractivity contribution in [1.29, 1.82) is 0 Å². The molecule has 0 unspecified atom stereocenters. The highest BCUT2D eigenvalue weighted by molar-refractivity contribution is 5.50. The summed E-state index contributed by atoms with van der Waals surface area (Å²) < 4.78 is 0. The largest absolute Gasteiger partial charge is 0.395 e. The van der Waals surface area contributed by atoms with E-state index in [2.05, 4.69) is 55.1 Å². The summed E-state index contributed by atoms with van der Waals surface area (Å²) in [7, 11) is 0. The van der Waals surface area contributed by atoms with E-state index in [4.69, 9.17) is 0 Å². The van der Waals surface area contributed by atoms with Crippen LogP contribution < -0.4 is 0 Å². The normalized spacial score (nSPS) is 15.8. The van der Waals surface area contributed by atoms with Crippen molar-refractivity contribution in [1.82, 2.24) is 0 Å². The predicted octanol–water partition coefficient (Wildman–Crippen LogP) is 3.64. The van der Waals surface area contributed by atoms with Crippen LogP contribution in [0, 0.1) is 0 Å². The van der Waals surface area contributed by atoms with Crippen molar-refractivity contribution in [3.8, 4) is 0 Å². The Morgan fingerprint density at radius 1 is 0.950 bits per heavy atom. The van der Waals surface area contributed by atoms with Crippen molar-refractivity contribution < 1.29 is 5.11 Å². The van der Waals surface area contributed by atoms with Gasteiger partial charge in [-0.05, 0) is 41.5 Å². The molecular formula is C19H20O. The fraction of sp³-hybridized carbons (Fsp3) is 0.263. The molecule has 0 spiro atoms. The number of aliphatic hydroxyl groups excluding tert-OH is 1. The number of allylic oxidation sites excluding steroid dienone is 1. The first kappa shape index (κ1) is 13.1. The smallest absolute Gasteiger partial charge is 0.0571 e. The first-order chi connectivity index (χ1) is 9.81. The molecular weight excluding hydrogens is 244 g/mol. The zero-order valence-corrected chi connectivity index (χ0v) is 11.7. The van der Waals surface area contributed by atoms with Gasteiger partial charge in [0.15, 0.2) is 0 Å². The molecule has 3 rings (SSSR count). The highest BCUT2D eigenvalue weighted by Crippen LogP contribution is 2.42. The summed E-state index contributed by atoms with van der Waals surface area (Å²) in [6, 6.07) is 17.0. The number of fused-ring (bicyclic) bond motifs is 2. The van der Waals surface area contributed by atoms with E-state index in [9.17, 15) is 5.11 Å². The first-order valence-corrected chi connectivity index (χ1v) is 7.20. The third-order valence-electron chi connectivity index (χ3n) is 4.49. The average molecular weight is 264 g/mol. The molecule has 1 N–H and O–H groups in total. The minimum absolute atomic E-state index is 0.118. The fourth-order valence-electron chi connectivity index (χ4n) is 3.53. The average Bonchev–Trinajstić information content (AvgIpc) is 2.64. The first-order valence-electron chi connectivity index (χ1n) is 7.20. The van der Waals surface area contributed by atoms with Crippen LogP contribution >= 0.6 is 0 Å². The lowest BCUT2D eigenvalue weighted by Gasteiger charge is -2.34. The Balaban J connectivity index is 2.31. The van der Waals surface area contributed by atoms with Crippen molar-refractivity contribution in [3.05, 3.63) is 83.4 Å². The van der Waals surface area contributed by atoms with Gasteiger partial charge in [0.25, 0.3) is 0 Å². The van der Waals surface area contributed by atoms with Crippen LogP contribution in [-0.4, -0.2) is 11.7 Å². The van der Waals surface area contributed by atoms with Crippen LogP contribution in [0.3, 0.4) is 0 Å². The summed E-state index contributed by atoms with van der Waals surface area (Å²) in [5.41, 5.74) is 4.87. The zero-order chi connectivity index (χ0) is 14.0. The Bertz CT molecular complexity index is 580. The van der Waals surface area contributed by atoms with Crippen molar-refractivity contribution in [2.75, 3.05) is 6.61 Å². The van der Waals surface area contributed by atoms with Crippen LogP contribution in [0.15, 0.2) is 61.2 Å². The number of benzene rings is 2. The van der Waals surface area contributed by atoms with Crippen molar-refractivity contribution in [2.24, 2.45) is 0 Å². The Morgan fingerprint density at radius 2 is 1.45 bits per heavy atom. The minimum atomic E-state index is -0.342. The summed E-state index contributed by atoms with van der Waals surface area (Å²) in [5.74, 6) is 0. The summed E-state index contributed by atoms with van der Waals surface area (Å²) in [4.78, 5) is 0. The second-order valence-corrected chi connectivity index (χ2v) is 5.55. The van der Waals surface area contributed by atoms with E-state index in [-0.39, 0.29) is 12.0 Å². The van der Waals surface area contributed by atoms with Gasteiger partial charge in [0.1, 0.15) is 0 Å². The fourth-order valence-corrected chi connectivity index (χ4v) is 3.53. The van der Waals surface area contributed by atoms with Crippen molar-refractivity contribution in [3.63, 3.8) is 0 Å². The summed E-state index contributed by atoms with van der Waals surface area (Å²) in [6.07, 6.45) is 4.75. The summed E-state index contributed by atoms with van der Waals surface area (Å²) in [6.45, 7) is 4.03. The van der Waals surface area contributed by atoms with E-state index in [1.165, 1.54) is 22.3 Å². The molecule has 0 radical (unpaired) electrons. The quantitative estimate of drug-likeness (QED) is 0.839. The van der Waals surface area contributed by atoms with Crippen LogP contribution in [0.2, 0.25) is 0 Å². The molecule has 1 aliphatic carbocycles. The molecule has 0 amide bonds. The predicted molar refractivity (Wildman–Crippen MR) is 83.0 cm³/mol. The monoisotopic (exact) mass is 264 g/mol. The van der Waals surface area contributed by atoms with Crippen LogP contribution in [0.25, 0.3) is 0 Å². The molecule has 1 nitrogen and oxygen atoms in total. The SMILES string of the molecule is C=CCC1(CO)c2ccccc2CCc2ccccc21. The molecule has 0 saturated heterocycles. The van der Waals surface area contributed by atoms with Gasteiger partial charge < -0.3 is 5.11 Å². The minimum Gasteiger partial charge on any atom is -0.395 e. The highest BCUT2D eigenvalue weighted by atomic mass is 16.3. The Morgan fingerprint density at radius 3 is 1.90 bits per heavy atom. The lowest BCUT2D eigenvalue weighted by molar-refractivity contribution is 0.220. The maximum atomic E-state index is 10.2. The van der Waals surface area contributed by atoms with Crippen molar-refractivity contribution in [2.45, 2.75) is 24.7 Å². The number of rotatable bonds is 3. The van der Waals surface area contributed by atoms with Crippen LogP contribution in [0.1, 0.15) is 28.7 Å². The van der Waals surface area contributed by atoms with Gasteiger partial charge in [-0.15, -0.1) is 6.58 Å². The molecule has 2 aromatic carbocycles. The number of hydrogen-bond acceptors (Lipinski definition) is 1. The second-order valence-electron chi connectivity index (χ2n) is 5.55. The molecule has 0 saturated carbocycles. The van der Waals surface area contributed by atoms with Gasteiger partial charge in [0.05, 0.1) is 6.61 Å². The number of hydrogen-bond donors (Lipinski definition) is 1. The van der Waals surface area contributed by atoms with Gasteiger partial charge in [0, 0.05) is 5.41 Å². The van der Waals surface area contributed by atoms with Crippen LogP contribution in [-0.2, 0) is 18.3 Å². The Hall–Kier alpha value is -1.86. The zero-order valence-electron chi connectivity index (χ0n) is 11.7. The molecule has 1 aliphatic rings. The molecule has 102 valence electrons. The van der Waals surface area contributed by atoms with Gasteiger partial charge in [0.2, 0.25) is 0 Å². The van der Waals surface area contributed by atoms with Crippen molar-refractivity contribution >= 4 is 0 Å². The van der Waals surface area contributed by atoms with E-state index >= 15 is 0 Å². The van der Waals surface area contributed by atoms with E-state index in [0.717, 1.165) is 19.3 Å². The van der Waals surface area contributed by atoms with Crippen LogP contribution in [0.5, 0.6) is 0 Å². The molecule has 0 aromatic heterocycles. The van der Waals surface area contributed by atoms with Gasteiger partial charge in [-0.1, -0.05) is 54.6 Å². The van der Waals surface area contributed by atoms with Crippen LogP contribution in [0.4, 0.5) is 0 Å². The Kier molecular flexibility index (Phi) is 3.45. The standard InChI is InChI=1S/C19H20O/c1-2-13-19(14-20)17-9-5-3-7-15(17)11-12-16-8-4-6-10-18(16)19/h2-10,20H,1,11-14H2. The number of aliphatic hydroxyl groups is 1. The molecule has 2 aromatic rings. The van der Waals surface area contributed by atoms with Gasteiger partial charge >= 0.3 is 0 Å². The molecule has 0 fully saturated rings. The van der Waals surface area contributed by atoms with Gasteiger partial charge in [-0.2, -0.15) is 0 Å². The van der Waals surface area contributed by atoms with E-state index in [0.29, 0.717) is 0 Å². The molecule has 0 aliphatic heterocycles. The molecule has 0 bridgehead atoms. The summed E-state index contributed by atoms with van der Waals surface area (Å²) >= 11 is 0. The third kappa shape index (κ3) is 1.90. The number of aryl methyl sites for hydroxylation is 2. The van der Waals surface area contributed by atoms with E-state index < -0.39 is 0 Å². The van der Waals surface area contributed by atoms with E-state index in [1.54, 1.807) is 0 Å². The van der Waals surface area contributed by atoms with Gasteiger partial charge in [-0.25, -0.2) is 0 Å². The second kappa shape index (κ2) is 5.26. The van der Waals surface area contributed by atoms with E-state index in [1.807, 2.05) is 6.08 Å². The maximum absolute atomic E-state index is 10.2. The van der Waals surface area contributed by atoms with Gasteiger partial charge in [-0.3, -0.25) is 0 Å². The lowest BCUT2D eigenvalue weighted by Crippen LogP contribution is -2.32. The Labute approximate surface area is 120 Å². The summed E-state index contributed by atoms with van der Waals surface area (Å²) in [5, 5.41) is 10.2.